The summed E-state index contributed by atoms with van der Waals surface area (Å²) in [5, 5.41) is 11.2. The largest absolute Gasteiger partial charge is 0.416 e. The number of nitrogens with zero attached hydrogens (tertiary/aromatic N) is 1. The van der Waals surface area contributed by atoms with Crippen molar-refractivity contribution in [1.29, 1.82) is 5.26 Å². The molecular weight excluding hydrogens is 235 g/mol. The molecule has 0 spiro atoms. The molecule has 0 bridgehead atoms. The second-order valence-electron chi connectivity index (χ2n) is 3.19. The van der Waals surface area contributed by atoms with Crippen LogP contribution in [0.3, 0.4) is 0 Å². The first-order valence-electron chi connectivity index (χ1n) is 4.48. The van der Waals surface area contributed by atoms with Crippen LogP contribution in [0.5, 0.6) is 0 Å². The van der Waals surface area contributed by atoms with E-state index >= 15 is 0 Å². The van der Waals surface area contributed by atoms with E-state index < -0.39 is 17.6 Å². The summed E-state index contributed by atoms with van der Waals surface area (Å²) in [7, 11) is 0. The van der Waals surface area contributed by atoms with Crippen molar-refractivity contribution in [2.75, 3.05) is 11.9 Å². The Bertz CT molecular complexity index is 477. The normalized spacial score (nSPS) is 10.7. The second-order valence-corrected chi connectivity index (χ2v) is 3.19. The second kappa shape index (κ2) is 4.74. The molecule has 4 nitrogen and oxygen atoms in total. The number of alkyl halides is 3. The van der Waals surface area contributed by atoms with Crippen molar-refractivity contribution < 1.29 is 18.0 Å². The SMILES string of the molecule is N#Cc1cc(C(F)(F)F)ccc1NCC(N)=O. The van der Waals surface area contributed by atoms with Crippen molar-refractivity contribution in [3.05, 3.63) is 29.3 Å². The third-order valence-electron chi connectivity index (χ3n) is 1.92. The van der Waals surface area contributed by atoms with Crippen LogP contribution in [-0.2, 0) is 11.0 Å². The van der Waals surface area contributed by atoms with Gasteiger partial charge in [0.15, 0.2) is 0 Å². The van der Waals surface area contributed by atoms with Gasteiger partial charge in [-0.25, -0.2) is 0 Å². The topological polar surface area (TPSA) is 78.9 Å². The zero-order valence-electron chi connectivity index (χ0n) is 8.51. The van der Waals surface area contributed by atoms with E-state index in [0.717, 1.165) is 12.1 Å². The van der Waals surface area contributed by atoms with Gasteiger partial charge in [-0.05, 0) is 18.2 Å². The number of hydrogen-bond acceptors (Lipinski definition) is 3. The smallest absolute Gasteiger partial charge is 0.375 e. The van der Waals surface area contributed by atoms with E-state index in [9.17, 15) is 18.0 Å². The number of nitrogens with two attached hydrogens (primary N) is 1. The number of anilines is 1. The quantitative estimate of drug-likeness (QED) is 0.843. The molecule has 0 fully saturated rings. The minimum absolute atomic E-state index is 0.138. The lowest BCUT2D eigenvalue weighted by molar-refractivity contribution is -0.137. The lowest BCUT2D eigenvalue weighted by Gasteiger charge is -2.10. The van der Waals surface area contributed by atoms with Gasteiger partial charge in [0.25, 0.3) is 0 Å². The number of benzene rings is 1. The molecule has 0 radical (unpaired) electrons. The Labute approximate surface area is 94.8 Å². The first kappa shape index (κ1) is 12.8. The molecule has 1 amide bonds. The summed E-state index contributed by atoms with van der Waals surface area (Å²) < 4.78 is 37.0. The molecule has 7 heteroatoms. The van der Waals surface area contributed by atoms with E-state index in [-0.39, 0.29) is 17.8 Å². The number of rotatable bonds is 3. The van der Waals surface area contributed by atoms with E-state index in [1.165, 1.54) is 0 Å². The van der Waals surface area contributed by atoms with Crippen molar-refractivity contribution in [3.63, 3.8) is 0 Å². The standard InChI is InChI=1S/C10H8F3N3O/c11-10(12,13)7-1-2-8(6(3-7)4-14)16-5-9(15)17/h1-3,16H,5H2,(H2,15,17). The fourth-order valence-corrected chi connectivity index (χ4v) is 1.15. The summed E-state index contributed by atoms with van der Waals surface area (Å²) in [6, 6.07) is 4.24. The fourth-order valence-electron chi connectivity index (χ4n) is 1.15. The van der Waals surface area contributed by atoms with Crippen LogP contribution in [0.1, 0.15) is 11.1 Å². The van der Waals surface area contributed by atoms with Crippen LogP contribution in [0, 0.1) is 11.3 Å². The summed E-state index contributed by atoms with van der Waals surface area (Å²) in [6.07, 6.45) is -4.51. The first-order chi connectivity index (χ1) is 7.84. The molecule has 0 aliphatic carbocycles. The van der Waals surface area contributed by atoms with Crippen LogP contribution >= 0.6 is 0 Å². The van der Waals surface area contributed by atoms with Gasteiger partial charge < -0.3 is 11.1 Å². The van der Waals surface area contributed by atoms with Gasteiger partial charge in [0.05, 0.1) is 23.4 Å². The number of primary amides is 1. The molecule has 1 aromatic carbocycles. The maximum Gasteiger partial charge on any atom is 0.416 e. The average molecular weight is 243 g/mol. The maximum atomic E-state index is 12.3. The molecule has 0 unspecified atom stereocenters. The highest BCUT2D eigenvalue weighted by Crippen LogP contribution is 2.31. The van der Waals surface area contributed by atoms with Crippen LogP contribution < -0.4 is 11.1 Å². The molecule has 0 heterocycles. The van der Waals surface area contributed by atoms with Crippen molar-refractivity contribution in [2.45, 2.75) is 6.18 Å². The monoisotopic (exact) mass is 243 g/mol. The van der Waals surface area contributed by atoms with E-state index in [1.54, 1.807) is 6.07 Å². The molecule has 0 aliphatic rings. The number of carbonyl (C=O) groups is 1. The van der Waals surface area contributed by atoms with Gasteiger partial charge in [-0.2, -0.15) is 18.4 Å². The third-order valence-corrected chi connectivity index (χ3v) is 1.92. The summed E-state index contributed by atoms with van der Waals surface area (Å²) in [5.74, 6) is -0.672. The lowest BCUT2D eigenvalue weighted by atomic mass is 10.1. The maximum absolute atomic E-state index is 12.3. The van der Waals surface area contributed by atoms with Crippen molar-refractivity contribution in [2.24, 2.45) is 5.73 Å². The summed E-state index contributed by atoms with van der Waals surface area (Å²) in [5.41, 5.74) is 3.89. The molecule has 0 aromatic heterocycles. The molecule has 0 saturated carbocycles. The van der Waals surface area contributed by atoms with Crippen LogP contribution in [0.15, 0.2) is 18.2 Å². The number of halogens is 3. The molecule has 17 heavy (non-hydrogen) atoms. The Kier molecular flexibility index (Phi) is 3.58. The van der Waals surface area contributed by atoms with Crippen molar-refractivity contribution in [1.82, 2.24) is 0 Å². The number of hydrogen-bond donors (Lipinski definition) is 2. The predicted octanol–water partition coefficient (Wildman–Crippen LogP) is 1.47. The summed E-state index contributed by atoms with van der Waals surface area (Å²) >= 11 is 0. The van der Waals surface area contributed by atoms with Crippen molar-refractivity contribution in [3.8, 4) is 6.07 Å². The van der Waals surface area contributed by atoms with Crippen LogP contribution in [0.2, 0.25) is 0 Å². The van der Waals surface area contributed by atoms with Gasteiger partial charge >= 0.3 is 6.18 Å². The van der Waals surface area contributed by atoms with Crippen molar-refractivity contribution >= 4 is 11.6 Å². The van der Waals surface area contributed by atoms with Crippen LogP contribution in [-0.4, -0.2) is 12.5 Å². The number of carbonyl (C=O) groups excluding carboxylic acids is 1. The minimum Gasteiger partial charge on any atom is -0.375 e. The molecule has 3 N–H and O–H groups in total. The van der Waals surface area contributed by atoms with E-state index in [4.69, 9.17) is 11.0 Å². The van der Waals surface area contributed by atoms with E-state index in [0.29, 0.717) is 6.07 Å². The summed E-state index contributed by atoms with van der Waals surface area (Å²) in [6.45, 7) is -0.250. The molecular formula is C10H8F3N3O. The highest BCUT2D eigenvalue weighted by Gasteiger charge is 2.31. The molecule has 1 aromatic rings. The van der Waals surface area contributed by atoms with E-state index in [2.05, 4.69) is 5.32 Å². The third kappa shape index (κ3) is 3.38. The van der Waals surface area contributed by atoms with E-state index in [1.807, 2.05) is 0 Å². The molecule has 90 valence electrons. The first-order valence-corrected chi connectivity index (χ1v) is 4.48. The van der Waals surface area contributed by atoms with Gasteiger partial charge in [-0.1, -0.05) is 0 Å². The zero-order chi connectivity index (χ0) is 13.1. The van der Waals surface area contributed by atoms with Crippen LogP contribution in [0.25, 0.3) is 0 Å². The Balaban J connectivity index is 3.03. The molecule has 1 rings (SSSR count). The average Bonchev–Trinajstić information content (AvgIpc) is 2.24. The number of nitriles is 1. The summed E-state index contributed by atoms with van der Waals surface area (Å²) in [4.78, 5) is 10.5. The number of nitrogens with one attached hydrogen (secondary N) is 1. The molecule has 0 atom stereocenters. The minimum atomic E-state index is -4.51. The van der Waals surface area contributed by atoms with Gasteiger partial charge in [-0.3, -0.25) is 4.79 Å². The molecule has 0 aliphatic heterocycles. The van der Waals surface area contributed by atoms with Crippen LogP contribution in [0.4, 0.5) is 18.9 Å². The van der Waals surface area contributed by atoms with Gasteiger partial charge in [0, 0.05) is 0 Å². The Morgan fingerprint density at radius 3 is 2.59 bits per heavy atom. The highest BCUT2D eigenvalue weighted by atomic mass is 19.4. The van der Waals surface area contributed by atoms with Gasteiger partial charge in [-0.15, -0.1) is 0 Å². The van der Waals surface area contributed by atoms with Gasteiger partial charge in [0.2, 0.25) is 5.91 Å². The number of amides is 1. The Morgan fingerprint density at radius 2 is 2.12 bits per heavy atom. The Morgan fingerprint density at radius 1 is 1.47 bits per heavy atom. The Hall–Kier alpha value is -2.23. The molecule has 0 saturated heterocycles. The van der Waals surface area contributed by atoms with Gasteiger partial charge in [0.1, 0.15) is 6.07 Å². The lowest BCUT2D eigenvalue weighted by Crippen LogP contribution is -2.22. The fraction of sp³-hybridized carbons (Fsp3) is 0.200. The predicted molar refractivity (Wildman–Crippen MR) is 53.8 cm³/mol. The zero-order valence-corrected chi connectivity index (χ0v) is 8.51. The highest BCUT2D eigenvalue weighted by molar-refractivity contribution is 5.79.